The van der Waals surface area contributed by atoms with Crippen LogP contribution in [0, 0.1) is 5.92 Å². The first-order valence-corrected chi connectivity index (χ1v) is 9.19. The number of hydrogen-bond acceptors (Lipinski definition) is 5. The topological polar surface area (TPSA) is 63.9 Å². The number of nitrogens with zero attached hydrogens (tertiary/aromatic N) is 5. The lowest BCUT2D eigenvalue weighted by molar-refractivity contribution is -0.131. The Bertz CT molecular complexity index is 694. The van der Waals surface area contributed by atoms with Crippen LogP contribution in [-0.2, 0) is 11.8 Å². The Balaban J connectivity index is 1.68. The van der Waals surface area contributed by atoms with E-state index in [-0.39, 0.29) is 11.2 Å². The Morgan fingerprint density at radius 1 is 1.25 bits per heavy atom. The van der Waals surface area contributed by atoms with Gasteiger partial charge in [-0.05, 0) is 37.8 Å². The van der Waals surface area contributed by atoms with Crippen molar-refractivity contribution >= 4 is 17.7 Å². The van der Waals surface area contributed by atoms with Crippen LogP contribution >= 0.6 is 11.8 Å². The molecule has 0 N–H and O–H groups in total. The Morgan fingerprint density at radius 3 is 2.58 bits per heavy atom. The monoisotopic (exact) mass is 345 g/mol. The van der Waals surface area contributed by atoms with E-state index in [1.54, 1.807) is 12.4 Å². The Morgan fingerprint density at radius 2 is 1.92 bits per heavy atom. The van der Waals surface area contributed by atoms with Crippen molar-refractivity contribution in [3.8, 4) is 11.4 Å². The van der Waals surface area contributed by atoms with Crippen LogP contribution in [0.4, 0.5) is 0 Å². The second-order valence-corrected chi connectivity index (χ2v) is 7.68. The van der Waals surface area contributed by atoms with Crippen LogP contribution in [-0.4, -0.2) is 48.9 Å². The van der Waals surface area contributed by atoms with E-state index in [0.29, 0.717) is 0 Å². The summed E-state index contributed by atoms with van der Waals surface area (Å²) in [6.07, 6.45) is 5.67. The fraction of sp³-hybridized carbons (Fsp3) is 0.529. The third-order valence-corrected chi connectivity index (χ3v) is 5.62. The van der Waals surface area contributed by atoms with E-state index in [1.165, 1.54) is 11.8 Å². The number of likely N-dealkylation sites (tertiary alicyclic amines) is 1. The van der Waals surface area contributed by atoms with Crippen molar-refractivity contribution < 1.29 is 4.79 Å². The summed E-state index contributed by atoms with van der Waals surface area (Å²) in [5.74, 6) is 1.70. The Kier molecular flexibility index (Phi) is 5.18. The number of rotatable bonds is 4. The number of piperidine rings is 1. The summed E-state index contributed by atoms with van der Waals surface area (Å²) in [6.45, 7) is 5.93. The van der Waals surface area contributed by atoms with Gasteiger partial charge in [0.1, 0.15) is 0 Å². The molecule has 3 rings (SSSR count). The van der Waals surface area contributed by atoms with E-state index >= 15 is 0 Å². The number of amides is 1. The molecule has 1 fully saturated rings. The van der Waals surface area contributed by atoms with Gasteiger partial charge in [0.2, 0.25) is 5.91 Å². The summed E-state index contributed by atoms with van der Waals surface area (Å²) in [4.78, 5) is 18.6. The summed E-state index contributed by atoms with van der Waals surface area (Å²) in [5.41, 5.74) is 0.968. The van der Waals surface area contributed by atoms with Crippen molar-refractivity contribution in [2.24, 2.45) is 13.0 Å². The van der Waals surface area contributed by atoms with Crippen molar-refractivity contribution in [1.82, 2.24) is 24.6 Å². The molecule has 7 heteroatoms. The molecule has 0 radical (unpaired) electrons. The zero-order valence-electron chi connectivity index (χ0n) is 14.3. The molecule has 0 saturated carbocycles. The van der Waals surface area contributed by atoms with Crippen molar-refractivity contribution in [1.29, 1.82) is 0 Å². The third-order valence-electron chi connectivity index (χ3n) is 4.50. The minimum atomic E-state index is -0.161. The molecule has 1 aliphatic heterocycles. The molecule has 3 heterocycles. The van der Waals surface area contributed by atoms with E-state index in [0.717, 1.165) is 48.4 Å². The molecule has 2 aromatic rings. The summed E-state index contributed by atoms with van der Waals surface area (Å²) in [6, 6.07) is 3.81. The van der Waals surface area contributed by atoms with Crippen LogP contribution in [0.2, 0.25) is 0 Å². The summed E-state index contributed by atoms with van der Waals surface area (Å²) < 4.78 is 1.93. The SMILES string of the molecule is CC1CCN(C(=O)C(C)Sc2nnc(-c3ccncc3)n2C)CC1. The molecule has 0 spiro atoms. The largest absolute Gasteiger partial charge is 0.342 e. The van der Waals surface area contributed by atoms with E-state index in [4.69, 9.17) is 0 Å². The smallest absolute Gasteiger partial charge is 0.235 e. The second-order valence-electron chi connectivity index (χ2n) is 6.37. The van der Waals surface area contributed by atoms with Crippen LogP contribution in [0.1, 0.15) is 26.7 Å². The number of carbonyl (C=O) groups excluding carboxylic acids is 1. The van der Waals surface area contributed by atoms with Gasteiger partial charge in [-0.2, -0.15) is 0 Å². The third kappa shape index (κ3) is 3.61. The number of pyridine rings is 1. The predicted molar refractivity (Wildman–Crippen MR) is 94.5 cm³/mol. The van der Waals surface area contributed by atoms with Crippen LogP contribution in [0.15, 0.2) is 29.7 Å². The summed E-state index contributed by atoms with van der Waals surface area (Å²) in [5, 5.41) is 9.11. The highest BCUT2D eigenvalue weighted by atomic mass is 32.2. The van der Waals surface area contributed by atoms with Gasteiger partial charge in [0.15, 0.2) is 11.0 Å². The maximum atomic E-state index is 12.6. The van der Waals surface area contributed by atoms with Crippen molar-refractivity contribution in [3.63, 3.8) is 0 Å². The molecule has 0 aromatic carbocycles. The van der Waals surface area contributed by atoms with Gasteiger partial charge < -0.3 is 9.47 Å². The Labute approximate surface area is 146 Å². The molecule has 0 aliphatic carbocycles. The van der Waals surface area contributed by atoms with E-state index in [2.05, 4.69) is 22.1 Å². The van der Waals surface area contributed by atoms with Gasteiger partial charge in [0.05, 0.1) is 5.25 Å². The fourth-order valence-corrected chi connectivity index (χ4v) is 3.76. The van der Waals surface area contributed by atoms with Crippen molar-refractivity contribution in [2.45, 2.75) is 37.1 Å². The molecule has 128 valence electrons. The molecule has 2 aromatic heterocycles. The van der Waals surface area contributed by atoms with Gasteiger partial charge in [-0.25, -0.2) is 0 Å². The maximum Gasteiger partial charge on any atom is 0.235 e. The number of hydrogen-bond donors (Lipinski definition) is 0. The standard InChI is InChI=1S/C17H23N5OS/c1-12-6-10-22(11-7-12)16(23)13(2)24-17-20-19-15(21(17)3)14-4-8-18-9-5-14/h4-5,8-9,12-13H,6-7,10-11H2,1-3H3. The van der Waals surface area contributed by atoms with Gasteiger partial charge in [0.25, 0.3) is 0 Å². The molecule has 24 heavy (non-hydrogen) atoms. The molecule has 6 nitrogen and oxygen atoms in total. The van der Waals surface area contributed by atoms with Crippen LogP contribution < -0.4 is 0 Å². The molecular formula is C17H23N5OS. The summed E-state index contributed by atoms with van der Waals surface area (Å²) >= 11 is 1.47. The molecule has 0 bridgehead atoms. The van der Waals surface area contributed by atoms with Gasteiger partial charge in [-0.15, -0.1) is 10.2 Å². The average Bonchev–Trinajstić information content (AvgIpc) is 2.96. The first kappa shape index (κ1) is 17.0. The first-order valence-electron chi connectivity index (χ1n) is 8.31. The predicted octanol–water partition coefficient (Wildman–Crippen LogP) is 2.62. The normalized spacial score (nSPS) is 17.0. The number of carbonyl (C=O) groups is 1. The fourth-order valence-electron chi connectivity index (χ4n) is 2.86. The highest BCUT2D eigenvalue weighted by molar-refractivity contribution is 8.00. The van der Waals surface area contributed by atoms with Crippen LogP contribution in [0.3, 0.4) is 0 Å². The molecule has 1 aliphatic rings. The van der Waals surface area contributed by atoms with Gasteiger partial charge in [-0.1, -0.05) is 18.7 Å². The lowest BCUT2D eigenvalue weighted by atomic mass is 9.99. The minimum absolute atomic E-state index is 0.161. The van der Waals surface area contributed by atoms with E-state index in [9.17, 15) is 4.79 Å². The number of aromatic nitrogens is 4. The zero-order chi connectivity index (χ0) is 17.1. The minimum Gasteiger partial charge on any atom is -0.342 e. The number of thioether (sulfide) groups is 1. The quantitative estimate of drug-likeness (QED) is 0.797. The highest BCUT2D eigenvalue weighted by Crippen LogP contribution is 2.27. The first-order chi connectivity index (χ1) is 11.6. The van der Waals surface area contributed by atoms with E-state index in [1.807, 2.05) is 35.6 Å². The van der Waals surface area contributed by atoms with Crippen LogP contribution in [0.25, 0.3) is 11.4 Å². The lowest BCUT2D eigenvalue weighted by Crippen LogP contribution is -2.41. The molecular weight excluding hydrogens is 322 g/mol. The van der Waals surface area contributed by atoms with Crippen molar-refractivity contribution in [2.75, 3.05) is 13.1 Å². The summed E-state index contributed by atoms with van der Waals surface area (Å²) in [7, 11) is 1.93. The lowest BCUT2D eigenvalue weighted by Gasteiger charge is -2.31. The maximum absolute atomic E-state index is 12.6. The molecule has 1 atom stereocenters. The van der Waals surface area contributed by atoms with Gasteiger partial charge >= 0.3 is 0 Å². The van der Waals surface area contributed by atoms with Gasteiger partial charge in [0, 0.05) is 38.1 Å². The molecule has 1 unspecified atom stereocenters. The molecule has 1 saturated heterocycles. The van der Waals surface area contributed by atoms with E-state index < -0.39 is 0 Å². The zero-order valence-corrected chi connectivity index (χ0v) is 15.2. The van der Waals surface area contributed by atoms with Crippen LogP contribution in [0.5, 0.6) is 0 Å². The van der Waals surface area contributed by atoms with Gasteiger partial charge in [-0.3, -0.25) is 9.78 Å². The second kappa shape index (κ2) is 7.34. The molecule has 1 amide bonds. The highest BCUT2D eigenvalue weighted by Gasteiger charge is 2.26. The average molecular weight is 345 g/mol. The Hall–Kier alpha value is -1.89. The van der Waals surface area contributed by atoms with Crippen molar-refractivity contribution in [3.05, 3.63) is 24.5 Å².